The van der Waals surface area contributed by atoms with E-state index in [1.165, 1.54) is 33.8 Å². The SMILES string of the molecule is C=C(C)C(=O)Oc1c(F)cc2c(OC(=O)C(=C)C)c(OC(=O)C(=C)C)c(CCCC)cc2c1OC(=O)C(=C)C. The van der Waals surface area contributed by atoms with Crippen molar-refractivity contribution >= 4 is 34.6 Å². The zero-order valence-corrected chi connectivity index (χ0v) is 22.7. The Kier molecular flexibility index (Phi) is 10.1. The van der Waals surface area contributed by atoms with E-state index in [0.29, 0.717) is 18.4 Å². The Morgan fingerprint density at radius 3 is 1.41 bits per heavy atom. The molecule has 0 aliphatic heterocycles. The summed E-state index contributed by atoms with van der Waals surface area (Å²) < 4.78 is 37.3. The van der Waals surface area contributed by atoms with E-state index in [2.05, 4.69) is 26.3 Å². The molecule has 0 N–H and O–H groups in total. The van der Waals surface area contributed by atoms with Crippen LogP contribution in [0.15, 0.2) is 60.7 Å². The molecule has 0 aliphatic rings. The lowest BCUT2D eigenvalue weighted by Crippen LogP contribution is -2.16. The largest absolute Gasteiger partial charge is 0.419 e. The summed E-state index contributed by atoms with van der Waals surface area (Å²) in [6.07, 6.45) is 1.70. The van der Waals surface area contributed by atoms with E-state index in [4.69, 9.17) is 18.9 Å². The second kappa shape index (κ2) is 12.8. The molecule has 2 aromatic rings. The van der Waals surface area contributed by atoms with Crippen molar-refractivity contribution in [3.8, 4) is 23.0 Å². The Morgan fingerprint density at radius 1 is 0.641 bits per heavy atom. The van der Waals surface area contributed by atoms with E-state index < -0.39 is 41.2 Å². The standard InChI is InChI=1S/C30H31FO8/c1-10-11-12-19-13-20-21(24(37-28(33)16(4)5)23(19)36-27(32)15(2)3)14-22(31)26(39-30(35)18(8)9)25(20)38-29(34)17(6)7/h13-14H,2,4,6,8,10-12H2,1,3,5,7,9H3. The van der Waals surface area contributed by atoms with Gasteiger partial charge in [-0.25, -0.2) is 23.6 Å². The number of ether oxygens (including phenoxy) is 4. The molecule has 2 aromatic carbocycles. The van der Waals surface area contributed by atoms with Crippen molar-refractivity contribution in [3.63, 3.8) is 0 Å². The normalized spacial score (nSPS) is 10.4. The first kappa shape index (κ1) is 30.7. The number of carbonyl (C=O) groups excluding carboxylic acids is 4. The number of unbranched alkanes of at least 4 members (excludes halogenated alkanes) is 1. The van der Waals surface area contributed by atoms with Gasteiger partial charge >= 0.3 is 23.9 Å². The lowest BCUT2D eigenvalue weighted by atomic mass is 9.99. The molecule has 2 rings (SSSR count). The van der Waals surface area contributed by atoms with Gasteiger partial charge < -0.3 is 18.9 Å². The Morgan fingerprint density at radius 2 is 1.00 bits per heavy atom. The molecule has 0 aliphatic carbocycles. The summed E-state index contributed by atoms with van der Waals surface area (Å²) in [5, 5.41) is -0.0623. The van der Waals surface area contributed by atoms with Crippen molar-refractivity contribution < 1.29 is 42.5 Å². The monoisotopic (exact) mass is 538 g/mol. The second-order valence-corrected chi connectivity index (χ2v) is 9.09. The molecule has 0 fully saturated rings. The molecule has 0 atom stereocenters. The number of aryl methyl sites for hydroxylation is 1. The van der Waals surface area contributed by atoms with Crippen molar-refractivity contribution in [1.82, 2.24) is 0 Å². The number of hydrogen-bond donors (Lipinski definition) is 0. The number of rotatable bonds is 11. The molecule has 0 heterocycles. The van der Waals surface area contributed by atoms with Crippen molar-refractivity contribution in [1.29, 1.82) is 0 Å². The number of halogens is 1. The van der Waals surface area contributed by atoms with Gasteiger partial charge in [0.1, 0.15) is 0 Å². The van der Waals surface area contributed by atoms with Gasteiger partial charge in [-0.15, -0.1) is 0 Å². The van der Waals surface area contributed by atoms with Crippen LogP contribution in [0.2, 0.25) is 0 Å². The van der Waals surface area contributed by atoms with E-state index in [1.807, 2.05) is 6.92 Å². The molecule has 0 bridgehead atoms. The van der Waals surface area contributed by atoms with Crippen LogP contribution in [0.5, 0.6) is 23.0 Å². The minimum atomic E-state index is -1.13. The van der Waals surface area contributed by atoms with Gasteiger partial charge in [0.05, 0.1) is 0 Å². The highest BCUT2D eigenvalue weighted by Gasteiger charge is 2.29. The Hall–Kier alpha value is -4.53. The molecule has 0 spiro atoms. The molecule has 8 nitrogen and oxygen atoms in total. The van der Waals surface area contributed by atoms with Gasteiger partial charge in [0.15, 0.2) is 23.1 Å². The van der Waals surface area contributed by atoms with Gasteiger partial charge in [-0.1, -0.05) is 39.7 Å². The third-order valence-electron chi connectivity index (χ3n) is 5.26. The lowest BCUT2D eigenvalue weighted by Gasteiger charge is -2.20. The highest BCUT2D eigenvalue weighted by atomic mass is 19.1. The number of benzene rings is 2. The number of hydrogen-bond acceptors (Lipinski definition) is 8. The predicted octanol–water partition coefficient (Wildman–Crippen LogP) is 6.25. The Bertz CT molecular complexity index is 1430. The van der Waals surface area contributed by atoms with Crippen LogP contribution in [0.1, 0.15) is 53.0 Å². The summed E-state index contributed by atoms with van der Waals surface area (Å²) in [5.41, 5.74) is 0.406. The molecule has 0 unspecified atom stereocenters. The fraction of sp³-hybridized carbons (Fsp3) is 0.267. The van der Waals surface area contributed by atoms with Crippen molar-refractivity contribution in [3.05, 3.63) is 72.1 Å². The van der Waals surface area contributed by atoms with E-state index >= 15 is 4.39 Å². The van der Waals surface area contributed by atoms with Crippen LogP contribution in [0.4, 0.5) is 4.39 Å². The lowest BCUT2D eigenvalue weighted by molar-refractivity contribution is -0.132. The average Bonchev–Trinajstić information content (AvgIpc) is 2.85. The maximum absolute atomic E-state index is 15.6. The van der Waals surface area contributed by atoms with Gasteiger partial charge in [0.25, 0.3) is 0 Å². The molecular formula is C30H31FO8. The molecule has 0 saturated heterocycles. The van der Waals surface area contributed by atoms with Crippen LogP contribution in [0.3, 0.4) is 0 Å². The van der Waals surface area contributed by atoms with E-state index in [-0.39, 0.29) is 44.6 Å². The summed E-state index contributed by atoms with van der Waals surface area (Å²) >= 11 is 0. The minimum absolute atomic E-state index is 0.0145. The van der Waals surface area contributed by atoms with Crippen molar-refractivity contribution in [2.24, 2.45) is 0 Å². The molecule has 0 radical (unpaired) electrons. The third-order valence-corrected chi connectivity index (χ3v) is 5.26. The quantitative estimate of drug-likeness (QED) is 0.188. The van der Waals surface area contributed by atoms with Crippen LogP contribution in [-0.2, 0) is 25.6 Å². The number of fused-ring (bicyclic) bond motifs is 1. The first-order chi connectivity index (χ1) is 18.2. The summed E-state index contributed by atoms with van der Waals surface area (Å²) in [5.74, 6) is -6.31. The number of esters is 4. The Balaban J connectivity index is 3.10. The van der Waals surface area contributed by atoms with Gasteiger partial charge in [-0.05, 0) is 58.2 Å². The summed E-state index contributed by atoms with van der Waals surface area (Å²) in [4.78, 5) is 50.0. The van der Waals surface area contributed by atoms with Crippen LogP contribution in [0, 0.1) is 5.82 Å². The summed E-state index contributed by atoms with van der Waals surface area (Å²) in [7, 11) is 0. The zero-order valence-electron chi connectivity index (χ0n) is 22.7. The average molecular weight is 539 g/mol. The third kappa shape index (κ3) is 7.28. The molecular weight excluding hydrogens is 507 g/mol. The maximum Gasteiger partial charge on any atom is 0.338 e. The zero-order chi connectivity index (χ0) is 29.6. The minimum Gasteiger partial charge on any atom is -0.419 e. The highest BCUT2D eigenvalue weighted by molar-refractivity contribution is 6.04. The highest BCUT2D eigenvalue weighted by Crippen LogP contribution is 2.48. The van der Waals surface area contributed by atoms with Gasteiger partial charge in [-0.2, -0.15) is 0 Å². The topological polar surface area (TPSA) is 105 Å². The van der Waals surface area contributed by atoms with Crippen molar-refractivity contribution in [2.75, 3.05) is 0 Å². The smallest absolute Gasteiger partial charge is 0.338 e. The van der Waals surface area contributed by atoms with Gasteiger partial charge in [0, 0.05) is 33.1 Å². The fourth-order valence-corrected chi connectivity index (χ4v) is 3.14. The van der Waals surface area contributed by atoms with Crippen molar-refractivity contribution in [2.45, 2.75) is 53.9 Å². The summed E-state index contributed by atoms with van der Waals surface area (Å²) in [6, 6.07) is 2.40. The van der Waals surface area contributed by atoms with Crippen LogP contribution >= 0.6 is 0 Å². The summed E-state index contributed by atoms with van der Waals surface area (Å²) in [6.45, 7) is 21.7. The Labute approximate surface area is 226 Å². The van der Waals surface area contributed by atoms with E-state index in [0.717, 1.165) is 12.5 Å². The first-order valence-corrected chi connectivity index (χ1v) is 12.0. The second-order valence-electron chi connectivity index (χ2n) is 9.09. The molecule has 0 saturated carbocycles. The van der Waals surface area contributed by atoms with Crippen LogP contribution < -0.4 is 18.9 Å². The fourth-order valence-electron chi connectivity index (χ4n) is 3.14. The molecule has 39 heavy (non-hydrogen) atoms. The number of carbonyl (C=O) groups is 4. The molecule has 206 valence electrons. The van der Waals surface area contributed by atoms with E-state index in [1.54, 1.807) is 0 Å². The molecule has 0 aromatic heterocycles. The van der Waals surface area contributed by atoms with E-state index in [9.17, 15) is 19.2 Å². The maximum atomic E-state index is 15.6. The van der Waals surface area contributed by atoms with Crippen LogP contribution in [0.25, 0.3) is 10.8 Å². The molecule has 9 heteroatoms. The van der Waals surface area contributed by atoms with Gasteiger partial charge in [0.2, 0.25) is 5.75 Å². The van der Waals surface area contributed by atoms with Gasteiger partial charge in [-0.3, -0.25) is 0 Å². The molecule has 0 amide bonds. The first-order valence-electron chi connectivity index (χ1n) is 12.0. The predicted molar refractivity (Wildman–Crippen MR) is 144 cm³/mol. The van der Waals surface area contributed by atoms with Crippen LogP contribution in [-0.4, -0.2) is 23.9 Å².